The average Bonchev–Trinajstić information content (AvgIpc) is 3.92. The number of morpholine rings is 1. The van der Waals surface area contributed by atoms with Gasteiger partial charge in [-0.05, 0) is 80.6 Å². The second-order valence-electron chi connectivity index (χ2n) is 13.3. The molecule has 5 aromatic rings. The Morgan fingerprint density at radius 3 is 2.53 bits per heavy atom. The van der Waals surface area contributed by atoms with Crippen LogP contribution in [0.5, 0.6) is 11.6 Å². The number of hydrogen-bond acceptors (Lipinski definition) is 13. The molecule has 2 fully saturated rings. The van der Waals surface area contributed by atoms with Gasteiger partial charge in [0.05, 0.1) is 43.1 Å². The van der Waals surface area contributed by atoms with E-state index in [0.29, 0.717) is 54.6 Å². The summed E-state index contributed by atoms with van der Waals surface area (Å²) in [7, 11) is 0. The molecule has 1 saturated heterocycles. The van der Waals surface area contributed by atoms with Crippen molar-refractivity contribution in [2.24, 2.45) is 0 Å². The smallest absolute Gasteiger partial charge is 0.257 e. The fourth-order valence-electron chi connectivity index (χ4n) is 6.96. The largest absolute Gasteiger partial charge is 0.487 e. The first kappa shape index (κ1) is 34.1. The van der Waals surface area contributed by atoms with E-state index in [9.17, 15) is 5.26 Å². The number of nitrogens with zero attached hydrogens (tertiary/aromatic N) is 12. The van der Waals surface area contributed by atoms with Crippen LogP contribution in [0.2, 0.25) is 0 Å². The van der Waals surface area contributed by atoms with Crippen molar-refractivity contribution in [2.45, 2.75) is 89.9 Å². The molecule has 1 aliphatic heterocycles. The Bertz CT molecular complexity index is 1870. The summed E-state index contributed by atoms with van der Waals surface area (Å²) in [6.07, 6.45) is 15.2. The van der Waals surface area contributed by atoms with Crippen LogP contribution >= 0.6 is 0 Å². The molecule has 0 spiro atoms. The Labute approximate surface area is 296 Å². The molecule has 5 heterocycles. The van der Waals surface area contributed by atoms with Gasteiger partial charge in [0.2, 0.25) is 5.95 Å². The van der Waals surface area contributed by atoms with E-state index in [1.54, 1.807) is 29.3 Å². The van der Waals surface area contributed by atoms with E-state index in [0.717, 1.165) is 49.9 Å². The van der Waals surface area contributed by atoms with Gasteiger partial charge < -0.3 is 19.5 Å². The normalized spacial score (nSPS) is 21.5. The molecule has 16 nitrogen and oxygen atoms in total. The molecule has 4 aromatic heterocycles. The summed E-state index contributed by atoms with van der Waals surface area (Å²) >= 11 is 0. The molecule has 1 aliphatic carbocycles. The number of rotatable bonds is 13. The molecule has 0 amide bonds. The van der Waals surface area contributed by atoms with E-state index in [1.807, 2.05) is 46.9 Å². The number of tetrazole rings is 1. The SMILES string of the molecule is CC(Cn1cnnn1)Oc1cc(-c2cnc(Nc3cn(C4CCC(N5C[C@@H](C)O[C@@H](C)C5)CC4)nc3OCCn3cccn3)nc2)ccc1C#N. The van der Waals surface area contributed by atoms with Crippen molar-refractivity contribution in [2.75, 3.05) is 25.0 Å². The maximum absolute atomic E-state index is 9.69. The average molecular weight is 694 g/mol. The minimum Gasteiger partial charge on any atom is -0.487 e. The van der Waals surface area contributed by atoms with Gasteiger partial charge in [0.15, 0.2) is 0 Å². The zero-order valence-electron chi connectivity index (χ0n) is 29.1. The highest BCUT2D eigenvalue weighted by atomic mass is 16.5. The van der Waals surface area contributed by atoms with Crippen LogP contribution < -0.4 is 14.8 Å². The van der Waals surface area contributed by atoms with Gasteiger partial charge in [-0.2, -0.15) is 10.4 Å². The van der Waals surface area contributed by atoms with E-state index >= 15 is 0 Å². The number of nitrogens with one attached hydrogen (secondary N) is 1. The quantitative estimate of drug-likeness (QED) is 0.185. The second kappa shape index (κ2) is 15.7. The molecule has 1 saturated carbocycles. The summed E-state index contributed by atoms with van der Waals surface area (Å²) in [4.78, 5) is 11.8. The number of ether oxygens (including phenoxy) is 3. The van der Waals surface area contributed by atoms with Crippen molar-refractivity contribution in [3.05, 3.63) is 67.1 Å². The van der Waals surface area contributed by atoms with Gasteiger partial charge in [-0.15, -0.1) is 10.2 Å². The third-order valence-electron chi connectivity index (χ3n) is 9.32. The summed E-state index contributed by atoms with van der Waals surface area (Å²) in [6.45, 7) is 9.65. The molecule has 16 heteroatoms. The van der Waals surface area contributed by atoms with Crippen LogP contribution in [0, 0.1) is 11.3 Å². The third kappa shape index (κ3) is 8.50. The van der Waals surface area contributed by atoms with Gasteiger partial charge in [-0.3, -0.25) is 14.3 Å². The molecule has 51 heavy (non-hydrogen) atoms. The van der Waals surface area contributed by atoms with Crippen molar-refractivity contribution in [1.29, 1.82) is 5.26 Å². The molecule has 1 N–H and O–H groups in total. The number of anilines is 2. The summed E-state index contributed by atoms with van der Waals surface area (Å²) in [5.41, 5.74) is 2.72. The van der Waals surface area contributed by atoms with Crippen LogP contribution in [-0.2, 0) is 17.8 Å². The first-order valence-corrected chi connectivity index (χ1v) is 17.5. The Morgan fingerprint density at radius 1 is 1.04 bits per heavy atom. The zero-order chi connectivity index (χ0) is 35.2. The van der Waals surface area contributed by atoms with Crippen molar-refractivity contribution >= 4 is 11.6 Å². The Morgan fingerprint density at radius 2 is 1.82 bits per heavy atom. The third-order valence-corrected chi connectivity index (χ3v) is 9.32. The van der Waals surface area contributed by atoms with Crippen LogP contribution in [-0.4, -0.2) is 98.7 Å². The first-order chi connectivity index (χ1) is 24.9. The van der Waals surface area contributed by atoms with Gasteiger partial charge in [-0.25, -0.2) is 14.6 Å². The fourth-order valence-corrected chi connectivity index (χ4v) is 6.96. The zero-order valence-corrected chi connectivity index (χ0v) is 29.1. The lowest BCUT2D eigenvalue weighted by molar-refractivity contribution is -0.0852. The molecule has 266 valence electrons. The molecule has 7 rings (SSSR count). The van der Waals surface area contributed by atoms with Crippen LogP contribution in [0.25, 0.3) is 11.1 Å². The maximum Gasteiger partial charge on any atom is 0.257 e. The number of hydrogen-bond donors (Lipinski definition) is 1. The minimum atomic E-state index is -0.275. The van der Waals surface area contributed by atoms with Crippen molar-refractivity contribution in [3.63, 3.8) is 0 Å². The highest BCUT2D eigenvalue weighted by molar-refractivity contribution is 5.67. The Hall–Kier alpha value is -5.40. The standard InChI is InChI=1S/C35H43N13O3/c1-24-19-45(20-25(2)50-24)30-7-9-31(10-8-30)48-22-32(34(42-48)49-14-13-46-12-4-11-40-46)41-35-37-17-29(18-38-35)27-5-6-28(16-36)33(15-27)51-26(3)21-47-23-39-43-44-47/h4-6,11-12,15,17-18,22-26,30-31H,7-10,13-14,19-21H2,1-3H3,(H,37,38,41)/t24-,25+,26?,30?,31?. The van der Waals surface area contributed by atoms with E-state index in [-0.39, 0.29) is 24.4 Å². The molecular weight excluding hydrogens is 650 g/mol. The topological polar surface area (TPSA) is 172 Å². The van der Waals surface area contributed by atoms with E-state index < -0.39 is 0 Å². The highest BCUT2D eigenvalue weighted by Gasteiger charge is 2.32. The number of nitriles is 1. The molecule has 0 radical (unpaired) electrons. The summed E-state index contributed by atoms with van der Waals surface area (Å²) in [6, 6.07) is 10.3. The van der Waals surface area contributed by atoms with Crippen LogP contribution in [0.15, 0.2) is 61.6 Å². The lowest BCUT2D eigenvalue weighted by atomic mass is 9.89. The number of aromatic nitrogens is 10. The molecule has 0 bridgehead atoms. The van der Waals surface area contributed by atoms with Gasteiger partial charge in [0.1, 0.15) is 36.5 Å². The molecule has 1 aromatic carbocycles. The molecule has 2 aliphatic rings. The first-order valence-electron chi connectivity index (χ1n) is 17.5. The van der Waals surface area contributed by atoms with Crippen molar-refractivity contribution in [3.8, 4) is 28.8 Å². The van der Waals surface area contributed by atoms with Gasteiger partial charge >= 0.3 is 0 Å². The van der Waals surface area contributed by atoms with Crippen LogP contribution in [0.4, 0.5) is 11.6 Å². The highest BCUT2D eigenvalue weighted by Crippen LogP contribution is 2.35. The van der Waals surface area contributed by atoms with Crippen molar-refractivity contribution < 1.29 is 14.2 Å². The lowest BCUT2D eigenvalue weighted by Gasteiger charge is -2.42. The summed E-state index contributed by atoms with van der Waals surface area (Å²) in [5, 5.41) is 33.4. The van der Waals surface area contributed by atoms with Crippen LogP contribution in [0.1, 0.15) is 58.1 Å². The molecular formula is C35H43N13O3. The Balaban J connectivity index is 1.04. The maximum atomic E-state index is 9.69. The molecule has 3 atom stereocenters. The number of benzene rings is 1. The minimum absolute atomic E-state index is 0.267. The molecule has 1 unspecified atom stereocenters. The summed E-state index contributed by atoms with van der Waals surface area (Å²) < 4.78 is 23.7. The van der Waals surface area contributed by atoms with Gasteiger partial charge in [-0.1, -0.05) is 6.07 Å². The fraction of sp³-hybridized carbons (Fsp3) is 0.486. The van der Waals surface area contributed by atoms with Crippen LogP contribution in [0.3, 0.4) is 0 Å². The van der Waals surface area contributed by atoms with Crippen molar-refractivity contribution in [1.82, 2.24) is 54.6 Å². The monoisotopic (exact) mass is 693 g/mol. The predicted molar refractivity (Wildman–Crippen MR) is 186 cm³/mol. The van der Waals surface area contributed by atoms with E-state index in [1.165, 1.54) is 6.33 Å². The summed E-state index contributed by atoms with van der Waals surface area (Å²) in [5.74, 6) is 1.37. The lowest BCUT2D eigenvalue weighted by Crippen LogP contribution is -2.51. The van der Waals surface area contributed by atoms with E-state index in [4.69, 9.17) is 19.3 Å². The predicted octanol–water partition coefficient (Wildman–Crippen LogP) is 4.28. The van der Waals surface area contributed by atoms with Gasteiger partial charge in [0, 0.05) is 49.5 Å². The van der Waals surface area contributed by atoms with Gasteiger partial charge in [0.25, 0.3) is 5.88 Å². The van der Waals surface area contributed by atoms with E-state index in [2.05, 4.69) is 60.7 Å². The Kier molecular flexibility index (Phi) is 10.5. The second-order valence-corrected chi connectivity index (χ2v) is 13.3.